The number of halogens is 2. The Morgan fingerprint density at radius 2 is 2.27 bits per heavy atom. The molecule has 0 unspecified atom stereocenters. The summed E-state index contributed by atoms with van der Waals surface area (Å²) in [6, 6.07) is 3.88. The average Bonchev–Trinajstić information content (AvgIpc) is 2.18. The topological polar surface area (TPSA) is 45.8 Å². The number of alkyl halides is 1. The molecule has 1 atom stereocenters. The van der Waals surface area contributed by atoms with E-state index in [1.54, 1.807) is 6.92 Å². The third-order valence-electron chi connectivity index (χ3n) is 2.06. The molecule has 0 aliphatic heterocycles. The van der Waals surface area contributed by atoms with Crippen molar-refractivity contribution in [3.05, 3.63) is 40.2 Å². The Morgan fingerprint density at radius 3 is 2.93 bits per heavy atom. The van der Waals surface area contributed by atoms with Crippen LogP contribution in [-0.4, -0.2) is 9.97 Å². The van der Waals surface area contributed by atoms with E-state index in [4.69, 9.17) is 11.6 Å². The van der Waals surface area contributed by atoms with Gasteiger partial charge in [0.25, 0.3) is 5.56 Å². The quantitative estimate of drug-likeness (QED) is 0.759. The fourth-order valence-corrected chi connectivity index (χ4v) is 1.42. The lowest BCUT2D eigenvalue weighted by Crippen LogP contribution is -2.12. The van der Waals surface area contributed by atoms with Crippen molar-refractivity contribution in [3.8, 4) is 0 Å². The maximum atomic E-state index is 12.9. The van der Waals surface area contributed by atoms with Crippen LogP contribution in [0.15, 0.2) is 23.0 Å². The summed E-state index contributed by atoms with van der Waals surface area (Å²) in [5.41, 5.74) is 0.0738. The molecule has 0 radical (unpaired) electrons. The van der Waals surface area contributed by atoms with Crippen LogP contribution in [0, 0.1) is 5.82 Å². The summed E-state index contributed by atoms with van der Waals surface area (Å²) in [5.74, 6) is -0.0674. The van der Waals surface area contributed by atoms with Gasteiger partial charge in [-0.3, -0.25) is 4.79 Å². The predicted octanol–water partition coefficient (Wildman–Crippen LogP) is 2.36. The number of nitrogens with zero attached hydrogens (tertiary/aromatic N) is 1. The minimum Gasteiger partial charge on any atom is -0.309 e. The molecular weight excluding hydrogens is 219 g/mol. The van der Waals surface area contributed by atoms with Crippen LogP contribution < -0.4 is 5.56 Å². The van der Waals surface area contributed by atoms with Crippen molar-refractivity contribution in [2.24, 2.45) is 0 Å². The predicted molar refractivity (Wildman–Crippen MR) is 56.6 cm³/mol. The summed E-state index contributed by atoms with van der Waals surface area (Å²) >= 11 is 5.80. The van der Waals surface area contributed by atoms with E-state index < -0.39 is 5.82 Å². The minimum atomic E-state index is -0.457. The van der Waals surface area contributed by atoms with Crippen LogP contribution in [0.1, 0.15) is 18.1 Å². The van der Waals surface area contributed by atoms with Crippen LogP contribution in [0.4, 0.5) is 4.39 Å². The second kappa shape index (κ2) is 3.62. The SMILES string of the molecule is C[C@H](Cl)c1nc2ccc(F)cc2c(=O)[nH]1. The maximum Gasteiger partial charge on any atom is 0.258 e. The van der Waals surface area contributed by atoms with E-state index in [0.717, 1.165) is 6.07 Å². The molecule has 5 heteroatoms. The molecule has 2 rings (SSSR count). The summed E-state index contributed by atoms with van der Waals surface area (Å²) in [5, 5.41) is -0.150. The van der Waals surface area contributed by atoms with E-state index in [-0.39, 0.29) is 16.3 Å². The van der Waals surface area contributed by atoms with Gasteiger partial charge in [-0.25, -0.2) is 9.37 Å². The van der Waals surface area contributed by atoms with Gasteiger partial charge in [-0.1, -0.05) is 0 Å². The van der Waals surface area contributed by atoms with Crippen molar-refractivity contribution in [2.75, 3.05) is 0 Å². The van der Waals surface area contributed by atoms with Crippen LogP contribution in [-0.2, 0) is 0 Å². The zero-order chi connectivity index (χ0) is 11.0. The van der Waals surface area contributed by atoms with Gasteiger partial charge in [0, 0.05) is 0 Å². The average molecular weight is 227 g/mol. The lowest BCUT2D eigenvalue weighted by molar-refractivity contribution is 0.629. The number of H-pyrrole nitrogens is 1. The van der Waals surface area contributed by atoms with Crippen LogP contribution in [0.3, 0.4) is 0 Å². The summed E-state index contributed by atoms with van der Waals surface area (Å²) in [4.78, 5) is 18.2. The lowest BCUT2D eigenvalue weighted by atomic mass is 10.2. The normalized spacial score (nSPS) is 13.0. The third-order valence-corrected chi connectivity index (χ3v) is 2.27. The molecule has 3 nitrogen and oxygen atoms in total. The Labute approximate surface area is 89.9 Å². The highest BCUT2D eigenvalue weighted by Gasteiger charge is 2.08. The van der Waals surface area contributed by atoms with Gasteiger partial charge in [0.1, 0.15) is 11.6 Å². The lowest BCUT2D eigenvalue weighted by Gasteiger charge is -2.03. The van der Waals surface area contributed by atoms with E-state index in [2.05, 4.69) is 9.97 Å². The van der Waals surface area contributed by atoms with Crippen LogP contribution in [0.25, 0.3) is 10.9 Å². The smallest absolute Gasteiger partial charge is 0.258 e. The molecule has 78 valence electrons. The molecule has 2 aromatic rings. The monoisotopic (exact) mass is 226 g/mol. The van der Waals surface area contributed by atoms with Crippen molar-refractivity contribution < 1.29 is 4.39 Å². The molecule has 1 heterocycles. The first-order chi connectivity index (χ1) is 7.08. The number of nitrogens with one attached hydrogen (secondary N) is 1. The van der Waals surface area contributed by atoms with Gasteiger partial charge in [-0.05, 0) is 25.1 Å². The van der Waals surface area contributed by atoms with Gasteiger partial charge in [0.05, 0.1) is 16.3 Å². The highest BCUT2D eigenvalue weighted by molar-refractivity contribution is 6.20. The van der Waals surface area contributed by atoms with Gasteiger partial charge in [-0.15, -0.1) is 11.6 Å². The Morgan fingerprint density at radius 1 is 1.53 bits per heavy atom. The number of aromatic nitrogens is 2. The van der Waals surface area contributed by atoms with Crippen molar-refractivity contribution in [3.63, 3.8) is 0 Å². The molecule has 0 bridgehead atoms. The van der Waals surface area contributed by atoms with Gasteiger partial charge in [-0.2, -0.15) is 0 Å². The van der Waals surface area contributed by atoms with Crippen molar-refractivity contribution in [1.29, 1.82) is 0 Å². The zero-order valence-corrected chi connectivity index (χ0v) is 8.68. The molecule has 0 saturated carbocycles. The Balaban J connectivity index is 2.79. The summed E-state index contributed by atoms with van der Waals surface area (Å²) < 4.78 is 12.9. The molecule has 0 saturated heterocycles. The first kappa shape index (κ1) is 10.1. The molecule has 0 amide bonds. The van der Waals surface area contributed by atoms with E-state index in [1.807, 2.05) is 0 Å². The summed E-state index contributed by atoms with van der Waals surface area (Å²) in [6.45, 7) is 1.70. The van der Waals surface area contributed by atoms with Crippen molar-refractivity contribution >= 4 is 22.5 Å². The van der Waals surface area contributed by atoms with E-state index in [1.165, 1.54) is 12.1 Å². The molecule has 1 N–H and O–H groups in total. The van der Waals surface area contributed by atoms with E-state index >= 15 is 0 Å². The van der Waals surface area contributed by atoms with E-state index in [9.17, 15) is 9.18 Å². The highest BCUT2D eigenvalue weighted by atomic mass is 35.5. The minimum absolute atomic E-state index is 0.232. The second-order valence-electron chi connectivity index (χ2n) is 3.23. The number of benzene rings is 1. The van der Waals surface area contributed by atoms with Gasteiger partial charge >= 0.3 is 0 Å². The first-order valence-corrected chi connectivity index (χ1v) is 4.85. The first-order valence-electron chi connectivity index (χ1n) is 4.41. The van der Waals surface area contributed by atoms with Gasteiger partial charge < -0.3 is 4.98 Å². The summed E-state index contributed by atoms with van der Waals surface area (Å²) in [6.07, 6.45) is 0. The molecule has 15 heavy (non-hydrogen) atoms. The number of rotatable bonds is 1. The maximum absolute atomic E-state index is 12.9. The largest absolute Gasteiger partial charge is 0.309 e. The van der Waals surface area contributed by atoms with Crippen LogP contribution >= 0.6 is 11.6 Å². The van der Waals surface area contributed by atoms with Crippen LogP contribution in [0.5, 0.6) is 0 Å². The Hall–Kier alpha value is -1.42. The molecule has 0 aliphatic rings. The number of fused-ring (bicyclic) bond motifs is 1. The van der Waals surface area contributed by atoms with E-state index in [0.29, 0.717) is 11.3 Å². The standard InChI is InChI=1S/C10H8ClFN2O/c1-5(11)9-13-8-3-2-6(12)4-7(8)10(15)14-9/h2-5H,1H3,(H,13,14,15)/t5-/m0/s1. The molecule has 0 spiro atoms. The fraction of sp³-hybridized carbons (Fsp3) is 0.200. The molecule has 1 aromatic carbocycles. The van der Waals surface area contributed by atoms with Crippen LogP contribution in [0.2, 0.25) is 0 Å². The van der Waals surface area contributed by atoms with Crippen molar-refractivity contribution in [1.82, 2.24) is 9.97 Å². The van der Waals surface area contributed by atoms with Crippen molar-refractivity contribution in [2.45, 2.75) is 12.3 Å². The number of hydrogen-bond acceptors (Lipinski definition) is 2. The number of aromatic amines is 1. The highest BCUT2D eigenvalue weighted by Crippen LogP contribution is 2.16. The summed E-state index contributed by atoms with van der Waals surface area (Å²) in [7, 11) is 0. The number of hydrogen-bond donors (Lipinski definition) is 1. The second-order valence-corrected chi connectivity index (χ2v) is 3.88. The molecule has 0 aliphatic carbocycles. The zero-order valence-electron chi connectivity index (χ0n) is 7.92. The van der Waals surface area contributed by atoms with Gasteiger partial charge in [0.2, 0.25) is 0 Å². The molecular formula is C10H8ClFN2O. The van der Waals surface area contributed by atoms with Gasteiger partial charge in [0.15, 0.2) is 0 Å². The molecule has 0 fully saturated rings. The Kier molecular flexibility index (Phi) is 2.44. The fourth-order valence-electron chi connectivity index (χ4n) is 1.32. The Bertz CT molecular complexity index is 565. The molecule has 1 aromatic heterocycles. The third kappa shape index (κ3) is 1.85.